The lowest BCUT2D eigenvalue weighted by Crippen LogP contribution is -2.33. The molecule has 1 N–H and O–H groups in total. The molecule has 0 spiro atoms. The minimum atomic E-state index is 0.0412. The number of likely N-dealkylation sites (tertiary alicyclic amines) is 1. The van der Waals surface area contributed by atoms with Gasteiger partial charge in [0.15, 0.2) is 11.5 Å². The number of anilines is 1. The largest absolute Gasteiger partial charge is 0.486 e. The van der Waals surface area contributed by atoms with Crippen molar-refractivity contribution in [2.75, 3.05) is 31.6 Å². The third kappa shape index (κ3) is 3.85. The topological polar surface area (TPSA) is 50.8 Å². The first kappa shape index (κ1) is 18.8. The van der Waals surface area contributed by atoms with E-state index in [1.165, 1.54) is 11.1 Å². The molecule has 2 heterocycles. The maximum atomic E-state index is 12.8. The molecule has 1 fully saturated rings. The molecule has 2 aromatic carbocycles. The second-order valence-corrected chi connectivity index (χ2v) is 7.85. The minimum absolute atomic E-state index is 0.0412. The van der Waals surface area contributed by atoms with Crippen molar-refractivity contribution in [1.29, 1.82) is 0 Å². The van der Waals surface area contributed by atoms with Gasteiger partial charge in [-0.25, -0.2) is 0 Å². The van der Waals surface area contributed by atoms with Crippen LogP contribution in [0.2, 0.25) is 0 Å². The first-order chi connectivity index (χ1) is 13.5. The molecule has 0 bridgehead atoms. The van der Waals surface area contributed by atoms with E-state index in [1.54, 1.807) is 0 Å². The van der Waals surface area contributed by atoms with Crippen LogP contribution in [0, 0.1) is 20.8 Å². The fourth-order valence-corrected chi connectivity index (χ4v) is 4.40. The molecule has 0 radical (unpaired) electrons. The summed E-state index contributed by atoms with van der Waals surface area (Å²) in [4.78, 5) is 15.0. The quantitative estimate of drug-likeness (QED) is 0.865. The summed E-state index contributed by atoms with van der Waals surface area (Å²) in [6, 6.07) is 10.6. The lowest BCUT2D eigenvalue weighted by atomic mass is 10.0. The first-order valence-corrected chi connectivity index (χ1v) is 10.0. The predicted molar refractivity (Wildman–Crippen MR) is 110 cm³/mol. The molecule has 1 saturated heterocycles. The minimum Gasteiger partial charge on any atom is -0.486 e. The van der Waals surface area contributed by atoms with E-state index < -0.39 is 0 Å². The van der Waals surface area contributed by atoms with Crippen LogP contribution in [0.5, 0.6) is 11.5 Å². The number of ether oxygens (including phenoxy) is 2. The number of carbonyl (C=O) groups is 1. The van der Waals surface area contributed by atoms with Crippen molar-refractivity contribution in [2.45, 2.75) is 39.7 Å². The number of fused-ring (bicyclic) bond motifs is 1. The molecule has 148 valence electrons. The third-order valence-electron chi connectivity index (χ3n) is 5.60. The van der Waals surface area contributed by atoms with Crippen molar-refractivity contribution in [1.82, 2.24) is 4.90 Å². The second kappa shape index (κ2) is 7.84. The molecule has 2 aliphatic rings. The van der Waals surface area contributed by atoms with Gasteiger partial charge < -0.3 is 14.8 Å². The Morgan fingerprint density at radius 1 is 1.07 bits per heavy atom. The van der Waals surface area contributed by atoms with E-state index in [0.717, 1.165) is 47.7 Å². The number of nitrogens with zero attached hydrogens (tertiary/aromatic N) is 1. The number of nitrogens with one attached hydrogen (secondary N) is 1. The molecule has 0 aromatic heterocycles. The number of benzene rings is 2. The number of rotatable bonds is 4. The molecule has 4 rings (SSSR count). The van der Waals surface area contributed by atoms with Crippen LogP contribution >= 0.6 is 0 Å². The van der Waals surface area contributed by atoms with Crippen molar-refractivity contribution in [2.24, 2.45) is 0 Å². The van der Waals surface area contributed by atoms with Crippen molar-refractivity contribution < 1.29 is 14.3 Å². The number of amides is 1. The van der Waals surface area contributed by atoms with Crippen molar-refractivity contribution in [3.8, 4) is 11.5 Å². The highest BCUT2D eigenvalue weighted by Gasteiger charge is 2.29. The Balaban J connectivity index is 1.46. The van der Waals surface area contributed by atoms with Crippen LogP contribution in [-0.4, -0.2) is 37.1 Å². The van der Waals surface area contributed by atoms with E-state index in [0.29, 0.717) is 19.8 Å². The zero-order chi connectivity index (χ0) is 19.7. The summed E-state index contributed by atoms with van der Waals surface area (Å²) < 4.78 is 11.4. The molecule has 5 heteroatoms. The highest BCUT2D eigenvalue weighted by molar-refractivity contribution is 5.93. The fraction of sp³-hybridized carbons (Fsp3) is 0.435. The van der Waals surface area contributed by atoms with Crippen LogP contribution in [0.25, 0.3) is 0 Å². The summed E-state index contributed by atoms with van der Waals surface area (Å²) in [5.41, 5.74) is 5.56. The average Bonchev–Trinajstić information content (AvgIpc) is 3.12. The van der Waals surface area contributed by atoms with Crippen LogP contribution in [0.15, 0.2) is 30.3 Å². The molecular weight excluding hydrogens is 352 g/mol. The number of hydrogen-bond acceptors (Lipinski definition) is 4. The average molecular weight is 380 g/mol. The molecule has 0 unspecified atom stereocenters. The Morgan fingerprint density at radius 3 is 2.54 bits per heavy atom. The van der Waals surface area contributed by atoms with Gasteiger partial charge in [0.2, 0.25) is 5.91 Å². The normalized spacial score (nSPS) is 18.9. The Morgan fingerprint density at radius 2 is 1.79 bits per heavy atom. The molecular formula is C23H28N2O3. The summed E-state index contributed by atoms with van der Waals surface area (Å²) in [6.45, 7) is 8.67. The Labute approximate surface area is 166 Å². The van der Waals surface area contributed by atoms with Crippen molar-refractivity contribution in [3.63, 3.8) is 0 Å². The molecule has 0 aliphatic carbocycles. The van der Waals surface area contributed by atoms with E-state index in [1.807, 2.05) is 19.9 Å². The van der Waals surface area contributed by atoms with Crippen LogP contribution < -0.4 is 14.8 Å². The summed E-state index contributed by atoms with van der Waals surface area (Å²) >= 11 is 0. The lowest BCUT2D eigenvalue weighted by molar-refractivity contribution is -0.117. The Kier molecular flexibility index (Phi) is 5.27. The standard InChI is InChI=1S/C23H28N2O3/c1-15-11-16(2)23(17(3)12-15)24-22(26)14-25-8-4-5-19(25)18-6-7-20-21(13-18)28-10-9-27-20/h6-7,11-13,19H,4-5,8-10,14H2,1-3H3,(H,24,26)/t19-/m0/s1. The highest BCUT2D eigenvalue weighted by Crippen LogP contribution is 2.38. The molecule has 1 atom stereocenters. The van der Waals surface area contributed by atoms with E-state index >= 15 is 0 Å². The second-order valence-electron chi connectivity index (χ2n) is 7.85. The molecule has 2 aliphatic heterocycles. The van der Waals surface area contributed by atoms with Gasteiger partial charge in [-0.1, -0.05) is 23.8 Å². The maximum absolute atomic E-state index is 12.8. The summed E-state index contributed by atoms with van der Waals surface area (Å²) in [5, 5.41) is 3.13. The maximum Gasteiger partial charge on any atom is 0.238 e. The summed E-state index contributed by atoms with van der Waals surface area (Å²) in [6.07, 6.45) is 2.14. The SMILES string of the molecule is Cc1cc(C)c(NC(=O)CN2CCC[C@H]2c2ccc3c(c2)OCCO3)c(C)c1. The Hall–Kier alpha value is -2.53. The van der Waals surface area contributed by atoms with E-state index in [2.05, 4.69) is 41.4 Å². The van der Waals surface area contributed by atoms with Gasteiger partial charge in [0, 0.05) is 11.7 Å². The van der Waals surface area contributed by atoms with Crippen molar-refractivity contribution >= 4 is 11.6 Å². The van der Waals surface area contributed by atoms with Gasteiger partial charge in [-0.2, -0.15) is 0 Å². The van der Waals surface area contributed by atoms with Crippen molar-refractivity contribution in [3.05, 3.63) is 52.6 Å². The smallest absolute Gasteiger partial charge is 0.238 e. The lowest BCUT2D eigenvalue weighted by Gasteiger charge is -2.26. The molecule has 1 amide bonds. The monoisotopic (exact) mass is 380 g/mol. The van der Waals surface area contributed by atoms with E-state index in [4.69, 9.17) is 9.47 Å². The van der Waals surface area contributed by atoms with Gasteiger partial charge >= 0.3 is 0 Å². The molecule has 5 nitrogen and oxygen atoms in total. The van der Waals surface area contributed by atoms with Gasteiger partial charge in [0.25, 0.3) is 0 Å². The van der Waals surface area contributed by atoms with Crippen LogP contribution in [0.1, 0.15) is 41.1 Å². The van der Waals surface area contributed by atoms with Crippen LogP contribution in [0.4, 0.5) is 5.69 Å². The van der Waals surface area contributed by atoms with E-state index in [9.17, 15) is 4.79 Å². The highest BCUT2D eigenvalue weighted by atomic mass is 16.6. The molecule has 2 aromatic rings. The summed E-state index contributed by atoms with van der Waals surface area (Å²) in [5.74, 6) is 1.66. The van der Waals surface area contributed by atoms with Crippen LogP contribution in [0.3, 0.4) is 0 Å². The zero-order valence-corrected chi connectivity index (χ0v) is 16.9. The molecule has 28 heavy (non-hydrogen) atoms. The summed E-state index contributed by atoms with van der Waals surface area (Å²) in [7, 11) is 0. The number of aryl methyl sites for hydroxylation is 3. The van der Waals surface area contributed by atoms with Gasteiger partial charge in [-0.05, 0) is 69.0 Å². The van der Waals surface area contributed by atoms with Gasteiger partial charge in [0.05, 0.1) is 6.54 Å². The van der Waals surface area contributed by atoms with Gasteiger partial charge in [-0.15, -0.1) is 0 Å². The third-order valence-corrected chi connectivity index (χ3v) is 5.60. The van der Waals surface area contributed by atoms with Gasteiger partial charge in [0.1, 0.15) is 13.2 Å². The fourth-order valence-electron chi connectivity index (χ4n) is 4.40. The van der Waals surface area contributed by atoms with E-state index in [-0.39, 0.29) is 11.9 Å². The van der Waals surface area contributed by atoms with Crippen LogP contribution in [-0.2, 0) is 4.79 Å². The first-order valence-electron chi connectivity index (χ1n) is 10.0. The number of carbonyl (C=O) groups excluding carboxylic acids is 1. The molecule has 0 saturated carbocycles. The number of hydrogen-bond donors (Lipinski definition) is 1. The predicted octanol–water partition coefficient (Wildman–Crippen LogP) is 4.16. The Bertz CT molecular complexity index is 870. The zero-order valence-electron chi connectivity index (χ0n) is 16.9. The van der Waals surface area contributed by atoms with Gasteiger partial charge in [-0.3, -0.25) is 9.69 Å².